The van der Waals surface area contributed by atoms with Crippen LogP contribution in [-0.4, -0.2) is 13.0 Å². The Labute approximate surface area is 101 Å². The Balaban J connectivity index is 0. The first-order chi connectivity index (χ1) is 5.61. The molecule has 0 spiro atoms. The quantitative estimate of drug-likeness (QED) is 0.359. The Morgan fingerprint density at radius 1 is 1.15 bits per heavy atom. The summed E-state index contributed by atoms with van der Waals surface area (Å²) >= 11 is 0. The van der Waals surface area contributed by atoms with E-state index in [1.165, 1.54) is 12.1 Å². The van der Waals surface area contributed by atoms with Crippen LogP contribution in [0.2, 0.25) is 0 Å². The van der Waals surface area contributed by atoms with Crippen LogP contribution in [0.1, 0.15) is 6.92 Å². The van der Waals surface area contributed by atoms with E-state index in [2.05, 4.69) is 6.92 Å². The molecule has 1 N–H and O–H groups in total. The maximum atomic E-state index is 10.4. The topological polar surface area (TPSA) is 54.4 Å². The van der Waals surface area contributed by atoms with Gasteiger partial charge in [0.1, 0.15) is 0 Å². The van der Waals surface area contributed by atoms with Crippen LogP contribution in [-0.2, 0) is 10.1 Å². The van der Waals surface area contributed by atoms with E-state index in [0.29, 0.717) is 0 Å². The number of hydrogen-bond donors (Lipinski definition) is 1. The first-order valence-corrected chi connectivity index (χ1v) is 4.78. The second-order valence-electron chi connectivity index (χ2n) is 1.79. The van der Waals surface area contributed by atoms with E-state index >= 15 is 0 Å². The summed E-state index contributed by atoms with van der Waals surface area (Å²) in [6.45, 7) is 5.00. The Morgan fingerprint density at radius 2 is 1.54 bits per heavy atom. The van der Waals surface area contributed by atoms with Crippen molar-refractivity contribution >= 4 is 10.1 Å². The van der Waals surface area contributed by atoms with Gasteiger partial charge in [0.05, 0.1) is 4.90 Å². The van der Waals surface area contributed by atoms with Crippen molar-refractivity contribution < 1.29 is 42.5 Å². The van der Waals surface area contributed by atoms with Crippen molar-refractivity contribution in [3.8, 4) is 0 Å². The second-order valence-corrected chi connectivity index (χ2v) is 3.21. The van der Waals surface area contributed by atoms with E-state index in [9.17, 15) is 8.42 Å². The maximum Gasteiger partial charge on any atom is 1.00 e. The summed E-state index contributed by atoms with van der Waals surface area (Å²) in [7, 11) is -4.00. The van der Waals surface area contributed by atoms with E-state index in [0.717, 1.165) is 0 Å². The van der Waals surface area contributed by atoms with Gasteiger partial charge in [-0.25, -0.2) is 0 Å². The molecule has 0 aliphatic rings. The van der Waals surface area contributed by atoms with Crippen molar-refractivity contribution in [1.29, 1.82) is 0 Å². The maximum absolute atomic E-state index is 10.4. The third-order valence-corrected chi connectivity index (χ3v) is 1.91. The molecule has 0 atom stereocenters. The first-order valence-electron chi connectivity index (χ1n) is 3.34. The Hall–Kier alpha value is 0.130. The predicted molar refractivity (Wildman–Crippen MR) is 47.3 cm³/mol. The fourth-order valence-corrected chi connectivity index (χ4v) is 1.09. The van der Waals surface area contributed by atoms with Gasteiger partial charge < -0.3 is 6.92 Å². The summed E-state index contributed by atoms with van der Waals surface area (Å²) in [5.41, 5.74) is 0. The zero-order valence-electron chi connectivity index (χ0n) is 7.77. The molecule has 0 unspecified atom stereocenters. The Morgan fingerprint density at radius 3 is 1.77 bits per heavy atom. The Bertz CT molecular complexity index is 307. The van der Waals surface area contributed by atoms with Gasteiger partial charge in [-0.1, -0.05) is 18.2 Å². The number of benzene rings is 1. The van der Waals surface area contributed by atoms with E-state index in [1.54, 1.807) is 25.1 Å². The molecular formula is C8H11NaO3S. The summed E-state index contributed by atoms with van der Waals surface area (Å²) in [4.78, 5) is -0.0741. The molecule has 0 saturated carbocycles. The average molecular weight is 210 g/mol. The zero-order valence-corrected chi connectivity index (χ0v) is 10.6. The van der Waals surface area contributed by atoms with Gasteiger partial charge >= 0.3 is 29.6 Å². The Kier molecular flexibility index (Phi) is 9.03. The summed E-state index contributed by atoms with van der Waals surface area (Å²) < 4.78 is 29.2. The largest absolute Gasteiger partial charge is 1.00 e. The molecule has 0 bridgehead atoms. The minimum Gasteiger partial charge on any atom is -0.346 e. The van der Waals surface area contributed by atoms with E-state index in [-0.39, 0.29) is 34.5 Å². The van der Waals surface area contributed by atoms with Crippen LogP contribution in [0, 0.1) is 6.92 Å². The molecule has 0 aromatic heterocycles. The molecule has 0 aliphatic carbocycles. The minimum absolute atomic E-state index is 0. The predicted octanol–water partition coefficient (Wildman–Crippen LogP) is -1.22. The van der Waals surface area contributed by atoms with Gasteiger partial charge in [-0.3, -0.25) is 4.55 Å². The average Bonchev–Trinajstić information content (AvgIpc) is 2.08. The first kappa shape index (κ1) is 15.6. The van der Waals surface area contributed by atoms with Crippen molar-refractivity contribution in [2.45, 2.75) is 11.8 Å². The second kappa shape index (κ2) is 7.53. The molecule has 0 heterocycles. The summed E-state index contributed by atoms with van der Waals surface area (Å²) in [5.74, 6) is 0. The van der Waals surface area contributed by atoms with Crippen molar-refractivity contribution in [2.75, 3.05) is 0 Å². The van der Waals surface area contributed by atoms with Gasteiger partial charge in [-0.05, 0) is 12.1 Å². The fourth-order valence-electron chi connectivity index (χ4n) is 0.592. The van der Waals surface area contributed by atoms with Crippen LogP contribution in [0.5, 0.6) is 0 Å². The molecule has 1 aromatic carbocycles. The van der Waals surface area contributed by atoms with Crippen LogP contribution in [0.25, 0.3) is 0 Å². The van der Waals surface area contributed by atoms with Gasteiger partial charge in [-0.2, -0.15) is 15.3 Å². The fraction of sp³-hybridized carbons (Fsp3) is 0.125. The molecule has 13 heavy (non-hydrogen) atoms. The molecule has 1 rings (SSSR count). The molecule has 68 valence electrons. The summed E-state index contributed by atoms with van der Waals surface area (Å²) in [5, 5.41) is 0. The SMILES string of the molecule is O=S(=O)(O)c1ccccc1.[CH2-]C.[Na+]. The molecule has 0 fully saturated rings. The van der Waals surface area contributed by atoms with E-state index < -0.39 is 10.1 Å². The van der Waals surface area contributed by atoms with Gasteiger partial charge in [0.25, 0.3) is 10.1 Å². The normalized spacial score (nSPS) is 9.15. The molecule has 0 saturated heterocycles. The molecule has 3 nitrogen and oxygen atoms in total. The monoisotopic (exact) mass is 210 g/mol. The molecule has 1 aromatic rings. The van der Waals surface area contributed by atoms with Crippen LogP contribution >= 0.6 is 0 Å². The van der Waals surface area contributed by atoms with Gasteiger partial charge in [0.15, 0.2) is 0 Å². The summed E-state index contributed by atoms with van der Waals surface area (Å²) in [6.07, 6.45) is 0. The van der Waals surface area contributed by atoms with Gasteiger partial charge in [-0.15, -0.1) is 0 Å². The van der Waals surface area contributed by atoms with Crippen LogP contribution < -0.4 is 29.6 Å². The number of rotatable bonds is 1. The van der Waals surface area contributed by atoms with Gasteiger partial charge in [0.2, 0.25) is 0 Å². The molecular weight excluding hydrogens is 199 g/mol. The zero-order chi connectivity index (χ0) is 9.61. The van der Waals surface area contributed by atoms with E-state index in [1.807, 2.05) is 0 Å². The van der Waals surface area contributed by atoms with Crippen LogP contribution in [0.3, 0.4) is 0 Å². The molecule has 0 radical (unpaired) electrons. The smallest absolute Gasteiger partial charge is 0.346 e. The van der Waals surface area contributed by atoms with Crippen LogP contribution in [0.4, 0.5) is 0 Å². The van der Waals surface area contributed by atoms with Crippen molar-refractivity contribution in [2.24, 2.45) is 0 Å². The number of hydrogen-bond acceptors (Lipinski definition) is 2. The van der Waals surface area contributed by atoms with Gasteiger partial charge in [0, 0.05) is 0 Å². The standard InChI is InChI=1S/C6H6O3S.C2H5.Na/c7-10(8,9)6-4-2-1-3-5-6;1-2;/h1-5H,(H,7,8,9);1H2,2H3;/q;-1;+1. The third-order valence-electron chi connectivity index (χ3n) is 1.04. The summed E-state index contributed by atoms with van der Waals surface area (Å²) in [6, 6.07) is 7.42. The molecule has 0 amide bonds. The third kappa shape index (κ3) is 6.23. The minimum atomic E-state index is -4.00. The molecule has 0 aliphatic heterocycles. The van der Waals surface area contributed by atoms with E-state index in [4.69, 9.17) is 4.55 Å². The van der Waals surface area contributed by atoms with Crippen molar-refractivity contribution in [1.82, 2.24) is 0 Å². The molecule has 5 heteroatoms. The van der Waals surface area contributed by atoms with Crippen LogP contribution in [0.15, 0.2) is 35.2 Å². The van der Waals surface area contributed by atoms with Crippen molar-refractivity contribution in [3.63, 3.8) is 0 Å². The van der Waals surface area contributed by atoms with Crippen molar-refractivity contribution in [3.05, 3.63) is 37.3 Å².